The van der Waals surface area contributed by atoms with Gasteiger partial charge in [0.1, 0.15) is 0 Å². The maximum absolute atomic E-state index is 5.44. The normalized spacial score (nSPS) is 12.2. The standard InChI is InChI=1S/C47H28N4S/c1-2-12-29(13-3-1)32-17-8-18-33(28-32)45-48-46(38-22-11-25-41-43(38)37-20-6-7-24-40(37)52-41)50-47(49-45)51-39-23-10-16-31-15-9-21-35(42(31)39)36-27-26-30-14-4-5-19-34(30)44(36)51/h1-28H. The van der Waals surface area contributed by atoms with E-state index in [1.54, 1.807) is 11.3 Å². The molecule has 0 aliphatic carbocycles. The second kappa shape index (κ2) is 11.4. The predicted octanol–water partition coefficient (Wildman–Crippen LogP) is 13.0. The van der Waals surface area contributed by atoms with Crippen LogP contribution in [-0.4, -0.2) is 15.0 Å². The molecule has 3 heterocycles. The average molecular weight is 681 g/mol. The van der Waals surface area contributed by atoms with Crippen LogP contribution in [0.3, 0.4) is 0 Å². The van der Waals surface area contributed by atoms with E-state index in [-0.39, 0.29) is 0 Å². The zero-order valence-corrected chi connectivity index (χ0v) is 28.7. The van der Waals surface area contributed by atoms with Gasteiger partial charge in [-0.15, -0.1) is 11.3 Å². The number of aromatic nitrogens is 3. The molecule has 242 valence electrons. The Kier molecular flexibility index (Phi) is 6.39. The van der Waals surface area contributed by atoms with E-state index in [1.165, 1.54) is 36.5 Å². The lowest BCUT2D eigenvalue weighted by Crippen LogP contribution is -2.19. The van der Waals surface area contributed by atoms with Crippen molar-refractivity contribution in [2.75, 3.05) is 4.90 Å². The third-order valence-electron chi connectivity index (χ3n) is 10.2. The van der Waals surface area contributed by atoms with Gasteiger partial charge in [0.05, 0.1) is 11.4 Å². The second-order valence-corrected chi connectivity index (χ2v) is 14.3. The van der Waals surface area contributed by atoms with E-state index >= 15 is 0 Å². The molecule has 0 atom stereocenters. The number of thiophene rings is 1. The van der Waals surface area contributed by atoms with Gasteiger partial charge in [0, 0.05) is 47.6 Å². The lowest BCUT2D eigenvalue weighted by atomic mass is 9.89. The molecule has 10 aromatic rings. The average Bonchev–Trinajstić information content (AvgIpc) is 3.60. The maximum atomic E-state index is 5.44. The summed E-state index contributed by atoms with van der Waals surface area (Å²) in [5, 5.41) is 7.05. The monoisotopic (exact) mass is 680 g/mol. The summed E-state index contributed by atoms with van der Waals surface area (Å²) in [5.41, 5.74) is 8.68. The minimum atomic E-state index is 0.584. The van der Waals surface area contributed by atoms with Crippen LogP contribution in [-0.2, 0) is 0 Å². The van der Waals surface area contributed by atoms with Crippen molar-refractivity contribution in [1.29, 1.82) is 0 Å². The van der Waals surface area contributed by atoms with Crippen molar-refractivity contribution < 1.29 is 0 Å². The van der Waals surface area contributed by atoms with E-state index in [9.17, 15) is 0 Å². The van der Waals surface area contributed by atoms with Gasteiger partial charge in [-0.25, -0.2) is 4.98 Å². The molecule has 0 spiro atoms. The predicted molar refractivity (Wildman–Crippen MR) is 218 cm³/mol. The van der Waals surface area contributed by atoms with Crippen molar-refractivity contribution in [3.8, 4) is 45.0 Å². The fraction of sp³-hybridized carbons (Fsp3) is 0. The van der Waals surface area contributed by atoms with E-state index in [4.69, 9.17) is 15.0 Å². The summed E-state index contributed by atoms with van der Waals surface area (Å²) in [6.07, 6.45) is 0. The van der Waals surface area contributed by atoms with Crippen molar-refractivity contribution in [3.05, 3.63) is 170 Å². The Morgan fingerprint density at radius 2 is 1.08 bits per heavy atom. The van der Waals surface area contributed by atoms with Crippen LogP contribution in [0, 0.1) is 0 Å². The first kappa shape index (κ1) is 29.1. The summed E-state index contributed by atoms with van der Waals surface area (Å²) in [4.78, 5) is 18.4. The van der Waals surface area contributed by atoms with Crippen LogP contribution in [0.2, 0.25) is 0 Å². The molecular formula is C47H28N4S. The lowest BCUT2D eigenvalue weighted by Gasteiger charge is -2.33. The Bertz CT molecular complexity index is 3030. The van der Waals surface area contributed by atoms with Gasteiger partial charge in [0.25, 0.3) is 0 Å². The van der Waals surface area contributed by atoms with Gasteiger partial charge in [-0.1, -0.05) is 146 Å². The Labute approximate surface area is 303 Å². The van der Waals surface area contributed by atoms with Crippen molar-refractivity contribution >= 4 is 70.4 Å². The Morgan fingerprint density at radius 1 is 0.404 bits per heavy atom. The van der Waals surface area contributed by atoms with Gasteiger partial charge in [-0.2, -0.15) is 9.97 Å². The molecule has 0 radical (unpaired) electrons. The van der Waals surface area contributed by atoms with E-state index < -0.39 is 0 Å². The number of benzene rings is 8. The highest BCUT2D eigenvalue weighted by Gasteiger charge is 2.30. The van der Waals surface area contributed by atoms with Crippen molar-refractivity contribution in [1.82, 2.24) is 15.0 Å². The summed E-state index contributed by atoms with van der Waals surface area (Å²) in [5.74, 6) is 1.86. The van der Waals surface area contributed by atoms with Crippen molar-refractivity contribution in [3.63, 3.8) is 0 Å². The van der Waals surface area contributed by atoms with Crippen LogP contribution in [0.4, 0.5) is 17.3 Å². The molecule has 0 unspecified atom stereocenters. The highest BCUT2D eigenvalue weighted by molar-refractivity contribution is 7.25. The molecule has 1 aliphatic heterocycles. The number of anilines is 3. The minimum Gasteiger partial charge on any atom is -0.277 e. The number of rotatable bonds is 4. The topological polar surface area (TPSA) is 41.9 Å². The fourth-order valence-electron chi connectivity index (χ4n) is 7.92. The molecule has 0 saturated carbocycles. The molecular weight excluding hydrogens is 653 g/mol. The highest BCUT2D eigenvalue weighted by Crippen LogP contribution is 2.53. The minimum absolute atomic E-state index is 0.584. The summed E-state index contributed by atoms with van der Waals surface area (Å²) in [6.45, 7) is 0. The van der Waals surface area contributed by atoms with Crippen LogP contribution in [0.15, 0.2) is 170 Å². The molecule has 1 aliphatic rings. The fourth-order valence-corrected chi connectivity index (χ4v) is 9.05. The Hall–Kier alpha value is -6.69. The molecule has 0 saturated heterocycles. The highest BCUT2D eigenvalue weighted by atomic mass is 32.1. The summed E-state index contributed by atoms with van der Waals surface area (Å²) in [7, 11) is 0. The Morgan fingerprint density at radius 3 is 2.00 bits per heavy atom. The summed E-state index contributed by atoms with van der Waals surface area (Å²) in [6, 6.07) is 60.2. The molecule has 5 heteroatoms. The molecule has 2 aromatic heterocycles. The molecule has 0 amide bonds. The first-order valence-electron chi connectivity index (χ1n) is 17.5. The summed E-state index contributed by atoms with van der Waals surface area (Å²) < 4.78 is 2.45. The second-order valence-electron chi connectivity index (χ2n) is 13.2. The number of hydrogen-bond donors (Lipinski definition) is 0. The molecule has 4 nitrogen and oxygen atoms in total. The maximum Gasteiger partial charge on any atom is 0.238 e. The van der Waals surface area contributed by atoms with Gasteiger partial charge in [0.15, 0.2) is 11.6 Å². The zero-order valence-electron chi connectivity index (χ0n) is 27.9. The van der Waals surface area contributed by atoms with Crippen molar-refractivity contribution in [2.45, 2.75) is 0 Å². The molecule has 8 aromatic carbocycles. The van der Waals surface area contributed by atoms with Gasteiger partial charge in [-0.05, 0) is 51.7 Å². The smallest absolute Gasteiger partial charge is 0.238 e. The zero-order chi connectivity index (χ0) is 34.2. The van der Waals surface area contributed by atoms with Gasteiger partial charge >= 0.3 is 0 Å². The third kappa shape index (κ3) is 4.43. The Balaban J connectivity index is 1.24. The van der Waals surface area contributed by atoms with Gasteiger partial charge < -0.3 is 0 Å². The molecule has 0 bridgehead atoms. The number of nitrogens with zero attached hydrogens (tertiary/aromatic N) is 4. The molecule has 0 N–H and O–H groups in total. The number of hydrogen-bond acceptors (Lipinski definition) is 5. The van der Waals surface area contributed by atoms with E-state index in [1.807, 2.05) is 6.07 Å². The van der Waals surface area contributed by atoms with E-state index in [0.29, 0.717) is 17.6 Å². The quantitative estimate of drug-likeness (QED) is 0.186. The number of fused-ring (bicyclic) bond motifs is 7. The van der Waals surface area contributed by atoms with E-state index in [2.05, 4.69) is 169 Å². The molecule has 11 rings (SSSR count). The first-order chi connectivity index (χ1) is 25.8. The van der Waals surface area contributed by atoms with Gasteiger partial charge in [-0.3, -0.25) is 4.90 Å². The van der Waals surface area contributed by atoms with Crippen molar-refractivity contribution in [2.24, 2.45) is 0 Å². The van der Waals surface area contributed by atoms with Crippen LogP contribution in [0.25, 0.3) is 86.7 Å². The third-order valence-corrected chi connectivity index (χ3v) is 11.4. The van der Waals surface area contributed by atoms with Crippen LogP contribution in [0.1, 0.15) is 0 Å². The van der Waals surface area contributed by atoms with Crippen LogP contribution >= 0.6 is 11.3 Å². The van der Waals surface area contributed by atoms with Gasteiger partial charge in [0.2, 0.25) is 5.95 Å². The molecule has 0 fully saturated rings. The van der Waals surface area contributed by atoms with Crippen LogP contribution in [0.5, 0.6) is 0 Å². The van der Waals surface area contributed by atoms with Crippen LogP contribution < -0.4 is 4.90 Å². The SMILES string of the molecule is c1ccc(-c2cccc(-c3nc(-c4cccc5sc6ccccc6c45)nc(N4c5c(ccc6ccccc56)-c5cccc6cccc4c56)n3)c2)cc1. The lowest BCUT2D eigenvalue weighted by molar-refractivity contribution is 1.03. The molecule has 52 heavy (non-hydrogen) atoms. The first-order valence-corrected chi connectivity index (χ1v) is 18.3. The largest absolute Gasteiger partial charge is 0.277 e. The van der Waals surface area contributed by atoms with E-state index in [0.717, 1.165) is 50.0 Å². The summed E-state index contributed by atoms with van der Waals surface area (Å²) >= 11 is 1.80.